The number of amides is 1. The summed E-state index contributed by atoms with van der Waals surface area (Å²) in [4.78, 5) is 12.1. The van der Waals surface area contributed by atoms with E-state index in [1.807, 2.05) is 6.07 Å². The first kappa shape index (κ1) is 13.9. The van der Waals surface area contributed by atoms with E-state index in [4.69, 9.17) is 14.2 Å². The molecule has 0 spiro atoms. The molecule has 112 valence electrons. The molecule has 1 aliphatic rings. The van der Waals surface area contributed by atoms with Gasteiger partial charge in [0.2, 0.25) is 6.79 Å². The van der Waals surface area contributed by atoms with Crippen molar-refractivity contribution in [3.8, 4) is 17.2 Å². The molecular formula is C16H14N2O4. The van der Waals surface area contributed by atoms with Gasteiger partial charge in [-0.15, -0.1) is 0 Å². The van der Waals surface area contributed by atoms with Crippen molar-refractivity contribution in [3.05, 3.63) is 53.6 Å². The van der Waals surface area contributed by atoms with Crippen molar-refractivity contribution in [2.45, 2.75) is 0 Å². The zero-order valence-electron chi connectivity index (χ0n) is 11.9. The van der Waals surface area contributed by atoms with Crippen molar-refractivity contribution in [1.82, 2.24) is 5.43 Å². The monoisotopic (exact) mass is 298 g/mol. The number of nitrogens with one attached hydrogen (secondary N) is 1. The molecule has 0 bridgehead atoms. The zero-order valence-corrected chi connectivity index (χ0v) is 11.9. The molecule has 0 saturated carbocycles. The molecule has 0 aliphatic carbocycles. The van der Waals surface area contributed by atoms with E-state index in [0.717, 1.165) is 5.56 Å². The lowest BCUT2D eigenvalue weighted by Crippen LogP contribution is -2.18. The summed E-state index contributed by atoms with van der Waals surface area (Å²) in [5.41, 5.74) is 3.69. The van der Waals surface area contributed by atoms with Gasteiger partial charge in [-0.1, -0.05) is 12.1 Å². The average molecular weight is 298 g/mol. The molecule has 2 aromatic carbocycles. The highest BCUT2D eigenvalue weighted by atomic mass is 16.7. The van der Waals surface area contributed by atoms with Gasteiger partial charge < -0.3 is 14.2 Å². The summed E-state index contributed by atoms with van der Waals surface area (Å²) in [6.45, 7) is 0.223. The van der Waals surface area contributed by atoms with Crippen molar-refractivity contribution in [2.24, 2.45) is 5.10 Å². The standard InChI is InChI=1S/C16H14N2O4/c1-20-13-5-3-2-4-12(13)16(19)18-17-9-11-6-7-14-15(8-11)22-10-21-14/h2-9H,10H2,1H3,(H,18,19)/b17-9+. The Bertz CT molecular complexity index is 728. The second kappa shape index (κ2) is 6.17. The maximum atomic E-state index is 12.1. The van der Waals surface area contributed by atoms with Crippen LogP contribution in [0.4, 0.5) is 0 Å². The van der Waals surface area contributed by atoms with Crippen molar-refractivity contribution >= 4 is 12.1 Å². The maximum absolute atomic E-state index is 12.1. The third-order valence-electron chi connectivity index (χ3n) is 3.13. The quantitative estimate of drug-likeness (QED) is 0.694. The minimum Gasteiger partial charge on any atom is -0.496 e. The second-order valence-corrected chi connectivity index (χ2v) is 4.51. The molecule has 1 N–H and O–H groups in total. The number of hydrogen-bond donors (Lipinski definition) is 1. The molecule has 6 heteroatoms. The van der Waals surface area contributed by atoms with Crippen LogP contribution < -0.4 is 19.6 Å². The summed E-state index contributed by atoms with van der Waals surface area (Å²) >= 11 is 0. The van der Waals surface area contributed by atoms with E-state index in [1.54, 1.807) is 36.4 Å². The van der Waals surface area contributed by atoms with Gasteiger partial charge in [-0.2, -0.15) is 5.10 Å². The smallest absolute Gasteiger partial charge is 0.275 e. The number of nitrogens with zero attached hydrogens (tertiary/aromatic N) is 1. The fourth-order valence-electron chi connectivity index (χ4n) is 2.05. The van der Waals surface area contributed by atoms with Crippen LogP contribution >= 0.6 is 0 Å². The van der Waals surface area contributed by atoms with E-state index in [1.165, 1.54) is 13.3 Å². The van der Waals surface area contributed by atoms with E-state index in [9.17, 15) is 4.79 Å². The predicted octanol–water partition coefficient (Wildman–Crippen LogP) is 2.19. The van der Waals surface area contributed by atoms with E-state index < -0.39 is 0 Å². The number of carbonyl (C=O) groups is 1. The summed E-state index contributed by atoms with van der Waals surface area (Å²) in [5.74, 6) is 1.53. The Kier molecular flexibility index (Phi) is 3.91. The van der Waals surface area contributed by atoms with Crippen LogP contribution in [0.15, 0.2) is 47.6 Å². The minimum absolute atomic E-state index is 0.223. The lowest BCUT2D eigenvalue weighted by molar-refractivity contribution is 0.0952. The first-order chi connectivity index (χ1) is 10.8. The van der Waals surface area contributed by atoms with Gasteiger partial charge in [-0.3, -0.25) is 4.79 Å². The normalized spacial score (nSPS) is 12.4. The van der Waals surface area contributed by atoms with Gasteiger partial charge in [0, 0.05) is 0 Å². The molecule has 1 aliphatic heterocycles. The topological polar surface area (TPSA) is 69.2 Å². The van der Waals surface area contributed by atoms with Gasteiger partial charge >= 0.3 is 0 Å². The second-order valence-electron chi connectivity index (χ2n) is 4.51. The molecule has 0 fully saturated rings. The number of carbonyl (C=O) groups excluding carboxylic acids is 1. The number of rotatable bonds is 4. The number of hydrazone groups is 1. The Morgan fingerprint density at radius 1 is 1.23 bits per heavy atom. The van der Waals surface area contributed by atoms with E-state index in [-0.39, 0.29) is 12.7 Å². The Morgan fingerprint density at radius 2 is 2.05 bits per heavy atom. The Labute approximate surface area is 127 Å². The maximum Gasteiger partial charge on any atom is 0.275 e. The first-order valence-corrected chi connectivity index (χ1v) is 6.64. The van der Waals surface area contributed by atoms with E-state index in [2.05, 4.69) is 10.5 Å². The summed E-state index contributed by atoms with van der Waals surface area (Å²) in [6.07, 6.45) is 1.54. The van der Waals surface area contributed by atoms with Crippen LogP contribution in [0.1, 0.15) is 15.9 Å². The molecule has 6 nitrogen and oxygen atoms in total. The van der Waals surface area contributed by atoms with Crippen LogP contribution in [-0.2, 0) is 0 Å². The summed E-state index contributed by atoms with van der Waals surface area (Å²) in [5, 5.41) is 3.94. The Hall–Kier alpha value is -3.02. The third kappa shape index (κ3) is 2.85. The van der Waals surface area contributed by atoms with Crippen molar-refractivity contribution in [1.29, 1.82) is 0 Å². The number of benzene rings is 2. The lowest BCUT2D eigenvalue weighted by atomic mass is 10.2. The highest BCUT2D eigenvalue weighted by molar-refractivity contribution is 5.97. The predicted molar refractivity (Wildman–Crippen MR) is 80.6 cm³/mol. The molecule has 3 rings (SSSR count). The summed E-state index contributed by atoms with van der Waals surface area (Å²) in [7, 11) is 1.52. The molecule has 0 saturated heterocycles. The van der Waals surface area contributed by atoms with E-state index >= 15 is 0 Å². The fourth-order valence-corrected chi connectivity index (χ4v) is 2.05. The molecule has 2 aromatic rings. The molecule has 0 unspecified atom stereocenters. The van der Waals surface area contributed by atoms with Gasteiger partial charge in [0.15, 0.2) is 11.5 Å². The molecule has 1 heterocycles. The van der Waals surface area contributed by atoms with Crippen molar-refractivity contribution in [3.63, 3.8) is 0 Å². The molecule has 0 atom stereocenters. The number of methoxy groups -OCH3 is 1. The van der Waals surface area contributed by atoms with Crippen LogP contribution in [0.2, 0.25) is 0 Å². The van der Waals surface area contributed by atoms with Gasteiger partial charge in [0.25, 0.3) is 5.91 Å². The van der Waals surface area contributed by atoms with Crippen LogP contribution in [0.25, 0.3) is 0 Å². The van der Waals surface area contributed by atoms with Gasteiger partial charge in [-0.25, -0.2) is 5.43 Å². The van der Waals surface area contributed by atoms with Crippen LogP contribution in [0.3, 0.4) is 0 Å². The zero-order chi connectivity index (χ0) is 15.4. The SMILES string of the molecule is COc1ccccc1C(=O)N/N=C/c1ccc2c(c1)OCO2. The van der Waals surface area contributed by atoms with Gasteiger partial charge in [0.05, 0.1) is 18.9 Å². The van der Waals surface area contributed by atoms with Crippen LogP contribution in [0, 0.1) is 0 Å². The van der Waals surface area contributed by atoms with Gasteiger partial charge in [0.1, 0.15) is 5.75 Å². The third-order valence-corrected chi connectivity index (χ3v) is 3.13. The van der Waals surface area contributed by atoms with Crippen molar-refractivity contribution < 1.29 is 19.0 Å². The highest BCUT2D eigenvalue weighted by Crippen LogP contribution is 2.31. The minimum atomic E-state index is -0.338. The Morgan fingerprint density at radius 3 is 2.91 bits per heavy atom. The first-order valence-electron chi connectivity index (χ1n) is 6.64. The highest BCUT2D eigenvalue weighted by Gasteiger charge is 2.13. The van der Waals surface area contributed by atoms with E-state index in [0.29, 0.717) is 22.8 Å². The number of fused-ring (bicyclic) bond motifs is 1. The lowest BCUT2D eigenvalue weighted by Gasteiger charge is -2.05. The summed E-state index contributed by atoms with van der Waals surface area (Å²) in [6, 6.07) is 12.4. The molecule has 1 amide bonds. The molecular weight excluding hydrogens is 284 g/mol. The average Bonchev–Trinajstić information content (AvgIpc) is 3.02. The largest absolute Gasteiger partial charge is 0.496 e. The fraction of sp³-hybridized carbons (Fsp3) is 0.125. The Balaban J connectivity index is 1.68. The number of hydrogen-bond acceptors (Lipinski definition) is 5. The summed E-state index contributed by atoms with van der Waals surface area (Å²) < 4.78 is 15.6. The van der Waals surface area contributed by atoms with Crippen LogP contribution in [-0.4, -0.2) is 26.0 Å². The van der Waals surface area contributed by atoms with Crippen LogP contribution in [0.5, 0.6) is 17.2 Å². The molecule has 0 aromatic heterocycles. The number of ether oxygens (including phenoxy) is 3. The number of para-hydroxylation sites is 1. The molecule has 22 heavy (non-hydrogen) atoms. The molecule has 0 radical (unpaired) electrons. The van der Waals surface area contributed by atoms with Gasteiger partial charge in [-0.05, 0) is 35.9 Å². The van der Waals surface area contributed by atoms with Crippen molar-refractivity contribution in [2.75, 3.05) is 13.9 Å².